The van der Waals surface area contributed by atoms with Crippen LogP contribution in [0.4, 0.5) is 13.2 Å². The second kappa shape index (κ2) is 6.87. The summed E-state index contributed by atoms with van der Waals surface area (Å²) in [5.74, 6) is 1.62. The number of hydrogen-bond donors (Lipinski definition) is 0. The summed E-state index contributed by atoms with van der Waals surface area (Å²) in [6.07, 6.45) is -1.93. The molecule has 3 fully saturated rings. The van der Waals surface area contributed by atoms with Gasteiger partial charge in [-0.25, -0.2) is 0 Å². The molecule has 3 aliphatic heterocycles. The van der Waals surface area contributed by atoms with Crippen molar-refractivity contribution >= 4 is 0 Å². The molecular formula is C18H22F3N5O. The molecule has 2 atom stereocenters. The smallest absolute Gasteiger partial charge is 0.338 e. The number of piperidine rings is 1. The standard InChI is InChI=1S/C18H22F3N5O/c1-11(2)17-23-16(27-24-17)10-26-13-5-14(26)9-25(8-13)7-12-3-4-15(22-6-12)18(19,20)21/h3-4,6,11,13-14H,5,7-10H2,1-2H3. The van der Waals surface area contributed by atoms with Crippen molar-refractivity contribution in [1.29, 1.82) is 0 Å². The Morgan fingerprint density at radius 3 is 2.48 bits per heavy atom. The molecule has 2 unspecified atom stereocenters. The zero-order chi connectivity index (χ0) is 19.2. The van der Waals surface area contributed by atoms with Gasteiger partial charge in [0, 0.05) is 43.8 Å². The first-order chi connectivity index (χ1) is 12.8. The molecule has 3 aliphatic rings. The molecule has 0 saturated carbocycles. The quantitative estimate of drug-likeness (QED) is 0.793. The fraction of sp³-hybridized carbons (Fsp3) is 0.611. The number of fused-ring (bicyclic) bond motifs is 2. The molecule has 146 valence electrons. The Hall–Kier alpha value is -2.00. The number of pyridine rings is 1. The van der Waals surface area contributed by atoms with Gasteiger partial charge in [-0.1, -0.05) is 25.1 Å². The normalized spacial score (nSPS) is 23.6. The largest absolute Gasteiger partial charge is 0.433 e. The first-order valence-electron chi connectivity index (χ1n) is 9.12. The van der Waals surface area contributed by atoms with Crippen LogP contribution in [0.25, 0.3) is 0 Å². The molecule has 2 aromatic rings. The second-order valence-corrected chi connectivity index (χ2v) is 7.66. The lowest BCUT2D eigenvalue weighted by Crippen LogP contribution is -2.67. The zero-order valence-electron chi connectivity index (χ0n) is 15.3. The zero-order valence-corrected chi connectivity index (χ0v) is 15.3. The molecule has 3 saturated heterocycles. The van der Waals surface area contributed by atoms with E-state index in [2.05, 4.69) is 24.9 Å². The van der Waals surface area contributed by atoms with E-state index in [1.165, 1.54) is 12.3 Å². The predicted molar refractivity (Wildman–Crippen MR) is 90.6 cm³/mol. The van der Waals surface area contributed by atoms with Gasteiger partial charge < -0.3 is 4.52 Å². The van der Waals surface area contributed by atoms with Gasteiger partial charge in [0.2, 0.25) is 5.89 Å². The SMILES string of the molecule is CC(C)c1noc(CN2C3CC2CN(Cc2ccc(C(F)(F)F)nc2)C3)n1. The van der Waals surface area contributed by atoms with Crippen LogP contribution in [0, 0.1) is 0 Å². The van der Waals surface area contributed by atoms with Crippen LogP contribution in [0.3, 0.4) is 0 Å². The van der Waals surface area contributed by atoms with Crippen molar-refractivity contribution in [2.45, 2.75) is 57.5 Å². The number of hydrogen-bond acceptors (Lipinski definition) is 6. The monoisotopic (exact) mass is 381 g/mol. The molecular weight excluding hydrogens is 359 g/mol. The maximum Gasteiger partial charge on any atom is 0.433 e. The maximum absolute atomic E-state index is 12.6. The topological polar surface area (TPSA) is 58.3 Å². The van der Waals surface area contributed by atoms with Crippen molar-refractivity contribution in [1.82, 2.24) is 24.9 Å². The van der Waals surface area contributed by atoms with Crippen molar-refractivity contribution in [2.24, 2.45) is 0 Å². The molecule has 5 heterocycles. The van der Waals surface area contributed by atoms with Gasteiger partial charge in [0.25, 0.3) is 0 Å². The summed E-state index contributed by atoms with van der Waals surface area (Å²) in [6.45, 7) is 7.09. The minimum absolute atomic E-state index is 0.242. The van der Waals surface area contributed by atoms with Crippen LogP contribution >= 0.6 is 0 Å². The molecule has 0 spiro atoms. The summed E-state index contributed by atoms with van der Waals surface area (Å²) in [5, 5.41) is 4.01. The van der Waals surface area contributed by atoms with Crippen LogP contribution < -0.4 is 0 Å². The van der Waals surface area contributed by atoms with Crippen LogP contribution in [0.5, 0.6) is 0 Å². The number of rotatable bonds is 5. The third-order valence-corrected chi connectivity index (χ3v) is 5.26. The minimum Gasteiger partial charge on any atom is -0.338 e. The average Bonchev–Trinajstić information content (AvgIpc) is 3.09. The van der Waals surface area contributed by atoms with E-state index in [1.54, 1.807) is 0 Å². The Morgan fingerprint density at radius 2 is 1.93 bits per heavy atom. The van der Waals surface area contributed by atoms with Gasteiger partial charge in [-0.3, -0.25) is 14.8 Å². The van der Waals surface area contributed by atoms with Gasteiger partial charge in [0.15, 0.2) is 5.82 Å². The fourth-order valence-electron chi connectivity index (χ4n) is 3.83. The lowest BCUT2D eigenvalue weighted by atomic mass is 9.87. The lowest BCUT2D eigenvalue weighted by molar-refractivity contribution is -0.141. The molecule has 2 aromatic heterocycles. The number of aromatic nitrogens is 3. The number of piperazine rings is 1. The Morgan fingerprint density at radius 1 is 1.19 bits per heavy atom. The Bertz CT molecular complexity index is 777. The summed E-state index contributed by atoms with van der Waals surface area (Å²) in [4.78, 5) is 12.6. The van der Waals surface area contributed by atoms with Crippen molar-refractivity contribution in [3.05, 3.63) is 41.3 Å². The van der Waals surface area contributed by atoms with Crippen molar-refractivity contribution < 1.29 is 17.7 Å². The molecule has 9 heteroatoms. The van der Waals surface area contributed by atoms with Gasteiger partial charge >= 0.3 is 6.18 Å². The Kier molecular flexibility index (Phi) is 4.67. The molecule has 5 rings (SSSR count). The Balaban J connectivity index is 1.32. The molecule has 0 N–H and O–H groups in total. The fourth-order valence-corrected chi connectivity index (χ4v) is 3.83. The van der Waals surface area contributed by atoms with E-state index in [0.29, 0.717) is 31.1 Å². The third-order valence-electron chi connectivity index (χ3n) is 5.26. The first kappa shape index (κ1) is 18.4. The molecule has 0 aliphatic carbocycles. The van der Waals surface area contributed by atoms with Gasteiger partial charge in [0.1, 0.15) is 5.69 Å². The number of halogens is 3. The molecule has 0 amide bonds. The van der Waals surface area contributed by atoms with Crippen LogP contribution in [-0.2, 0) is 19.3 Å². The van der Waals surface area contributed by atoms with E-state index in [-0.39, 0.29) is 5.92 Å². The highest BCUT2D eigenvalue weighted by molar-refractivity contribution is 5.16. The molecule has 0 aromatic carbocycles. The van der Waals surface area contributed by atoms with Crippen molar-refractivity contribution in [3.8, 4) is 0 Å². The van der Waals surface area contributed by atoms with Crippen molar-refractivity contribution in [3.63, 3.8) is 0 Å². The van der Waals surface area contributed by atoms with Crippen LogP contribution in [0.15, 0.2) is 22.9 Å². The summed E-state index contributed by atoms with van der Waals surface area (Å²) >= 11 is 0. The number of alkyl halides is 3. The molecule has 6 nitrogen and oxygen atoms in total. The van der Waals surface area contributed by atoms with E-state index < -0.39 is 11.9 Å². The third kappa shape index (κ3) is 3.84. The van der Waals surface area contributed by atoms with Crippen molar-refractivity contribution in [2.75, 3.05) is 13.1 Å². The summed E-state index contributed by atoms with van der Waals surface area (Å²) in [7, 11) is 0. The van der Waals surface area contributed by atoms with E-state index in [4.69, 9.17) is 4.52 Å². The molecule has 2 bridgehead atoms. The predicted octanol–water partition coefficient (Wildman–Crippen LogP) is 3.07. The van der Waals surface area contributed by atoms with E-state index in [9.17, 15) is 13.2 Å². The van der Waals surface area contributed by atoms with Gasteiger partial charge in [0.05, 0.1) is 6.54 Å². The van der Waals surface area contributed by atoms with Crippen LogP contribution in [-0.4, -0.2) is 50.1 Å². The van der Waals surface area contributed by atoms with E-state index in [0.717, 1.165) is 37.0 Å². The summed E-state index contributed by atoms with van der Waals surface area (Å²) in [6, 6.07) is 3.40. The van der Waals surface area contributed by atoms with Gasteiger partial charge in [-0.05, 0) is 18.1 Å². The Labute approximate surface area is 155 Å². The van der Waals surface area contributed by atoms with Crippen LogP contribution in [0.2, 0.25) is 0 Å². The first-order valence-corrected chi connectivity index (χ1v) is 9.12. The van der Waals surface area contributed by atoms with E-state index >= 15 is 0 Å². The van der Waals surface area contributed by atoms with E-state index in [1.807, 2.05) is 13.8 Å². The van der Waals surface area contributed by atoms with Gasteiger partial charge in [-0.2, -0.15) is 18.2 Å². The van der Waals surface area contributed by atoms with Gasteiger partial charge in [-0.15, -0.1) is 0 Å². The lowest BCUT2D eigenvalue weighted by Gasteiger charge is -2.56. The highest BCUT2D eigenvalue weighted by atomic mass is 19.4. The minimum atomic E-state index is -4.39. The molecule has 27 heavy (non-hydrogen) atoms. The average molecular weight is 381 g/mol. The molecule has 0 radical (unpaired) electrons. The highest BCUT2D eigenvalue weighted by Gasteiger charge is 2.45. The highest BCUT2D eigenvalue weighted by Crippen LogP contribution is 2.34. The second-order valence-electron chi connectivity index (χ2n) is 7.66. The van der Waals surface area contributed by atoms with Crippen LogP contribution in [0.1, 0.15) is 49.2 Å². The summed E-state index contributed by atoms with van der Waals surface area (Å²) in [5.41, 5.74) is -0.0476. The summed E-state index contributed by atoms with van der Waals surface area (Å²) < 4.78 is 43.2. The number of nitrogens with zero attached hydrogens (tertiary/aromatic N) is 5. The maximum atomic E-state index is 12.6.